The van der Waals surface area contributed by atoms with Crippen molar-refractivity contribution in [3.05, 3.63) is 39.4 Å². The average molecular weight is 293 g/mol. The minimum absolute atomic E-state index is 0.0101. The van der Waals surface area contributed by atoms with Crippen LogP contribution in [0.2, 0.25) is 5.02 Å². The molecule has 0 aliphatic heterocycles. The second-order valence-electron chi connectivity index (χ2n) is 7.16. The van der Waals surface area contributed by atoms with E-state index in [0.717, 1.165) is 5.82 Å². The third-order valence-corrected chi connectivity index (χ3v) is 3.41. The van der Waals surface area contributed by atoms with E-state index >= 15 is 0 Å². The first-order valence-corrected chi connectivity index (χ1v) is 7.13. The zero-order valence-electron chi connectivity index (χ0n) is 12.9. The van der Waals surface area contributed by atoms with E-state index in [9.17, 15) is 4.79 Å². The van der Waals surface area contributed by atoms with Gasteiger partial charge in [-0.2, -0.15) is 0 Å². The summed E-state index contributed by atoms with van der Waals surface area (Å²) < 4.78 is 1.79. The summed E-state index contributed by atoms with van der Waals surface area (Å²) in [4.78, 5) is 17.5. The summed E-state index contributed by atoms with van der Waals surface area (Å²) in [6.07, 6.45) is 0. The molecule has 0 unspecified atom stereocenters. The van der Waals surface area contributed by atoms with Gasteiger partial charge >= 0.3 is 0 Å². The summed E-state index contributed by atoms with van der Waals surface area (Å²) in [5.74, 6) is 0.782. The van der Waals surface area contributed by atoms with E-state index in [1.807, 2.05) is 20.8 Å². The van der Waals surface area contributed by atoms with Crippen molar-refractivity contribution in [2.45, 2.75) is 52.5 Å². The van der Waals surface area contributed by atoms with Crippen molar-refractivity contribution in [2.75, 3.05) is 0 Å². The molecule has 0 aliphatic rings. The van der Waals surface area contributed by atoms with Gasteiger partial charge in [0.1, 0.15) is 5.82 Å². The lowest BCUT2D eigenvalue weighted by atomic mass is 9.93. The molecule has 0 amide bonds. The minimum atomic E-state index is -0.319. The fraction of sp³-hybridized carbons (Fsp3) is 0.500. The lowest BCUT2D eigenvalue weighted by molar-refractivity contribution is 0.338. The van der Waals surface area contributed by atoms with Gasteiger partial charge in [-0.15, -0.1) is 0 Å². The van der Waals surface area contributed by atoms with Crippen molar-refractivity contribution < 1.29 is 0 Å². The topological polar surface area (TPSA) is 34.9 Å². The zero-order chi connectivity index (χ0) is 15.3. The molecule has 0 bridgehead atoms. The van der Waals surface area contributed by atoms with E-state index in [-0.39, 0.29) is 16.5 Å². The number of rotatable bonds is 0. The molecular weight excluding hydrogens is 272 g/mol. The predicted octanol–water partition coefficient (Wildman–Crippen LogP) is 4.10. The average Bonchev–Trinajstić information content (AvgIpc) is 2.24. The van der Waals surface area contributed by atoms with Crippen LogP contribution in [0.5, 0.6) is 0 Å². The van der Waals surface area contributed by atoms with Gasteiger partial charge in [0.2, 0.25) is 0 Å². The molecule has 0 saturated heterocycles. The normalized spacial score (nSPS) is 12.9. The van der Waals surface area contributed by atoms with E-state index in [0.29, 0.717) is 15.9 Å². The molecule has 2 aromatic rings. The van der Waals surface area contributed by atoms with Gasteiger partial charge in [-0.3, -0.25) is 9.36 Å². The Morgan fingerprint density at radius 2 is 1.70 bits per heavy atom. The van der Waals surface area contributed by atoms with E-state index in [4.69, 9.17) is 16.6 Å². The molecule has 0 spiro atoms. The van der Waals surface area contributed by atoms with Crippen LogP contribution in [0.25, 0.3) is 10.9 Å². The Kier molecular flexibility index (Phi) is 3.45. The van der Waals surface area contributed by atoms with Crippen LogP contribution in [-0.4, -0.2) is 9.55 Å². The Labute approximate surface area is 124 Å². The SMILES string of the molecule is CC(C)(C)c1nc2cc(Cl)ccc2c(=O)n1C(C)(C)C. The van der Waals surface area contributed by atoms with Crippen LogP contribution in [0.4, 0.5) is 0 Å². The monoisotopic (exact) mass is 292 g/mol. The molecule has 20 heavy (non-hydrogen) atoms. The highest BCUT2D eigenvalue weighted by atomic mass is 35.5. The first-order chi connectivity index (χ1) is 9.01. The van der Waals surface area contributed by atoms with E-state index in [1.165, 1.54) is 0 Å². The van der Waals surface area contributed by atoms with Gasteiger partial charge in [0, 0.05) is 16.0 Å². The second-order valence-corrected chi connectivity index (χ2v) is 7.59. The molecule has 0 radical (unpaired) electrons. The van der Waals surface area contributed by atoms with E-state index < -0.39 is 0 Å². The van der Waals surface area contributed by atoms with Crippen molar-refractivity contribution in [1.29, 1.82) is 0 Å². The molecule has 0 fully saturated rings. The Balaban J connectivity index is 2.99. The molecule has 3 nitrogen and oxygen atoms in total. The fourth-order valence-corrected chi connectivity index (χ4v) is 2.45. The standard InChI is InChI=1S/C16H21ClN2O/c1-15(2,3)14-18-12-9-10(17)7-8-11(12)13(20)19(14)16(4,5)6/h7-9H,1-6H3. The summed E-state index contributed by atoms with van der Waals surface area (Å²) >= 11 is 6.02. The molecule has 108 valence electrons. The Morgan fingerprint density at radius 3 is 2.20 bits per heavy atom. The lowest BCUT2D eigenvalue weighted by Gasteiger charge is -2.31. The van der Waals surface area contributed by atoms with E-state index in [2.05, 4.69) is 20.8 Å². The molecule has 0 saturated carbocycles. The van der Waals surface area contributed by atoms with Gasteiger partial charge < -0.3 is 0 Å². The van der Waals surface area contributed by atoms with Gasteiger partial charge in [0.25, 0.3) is 5.56 Å². The highest BCUT2D eigenvalue weighted by Crippen LogP contribution is 2.26. The number of fused-ring (bicyclic) bond motifs is 1. The maximum absolute atomic E-state index is 12.8. The number of benzene rings is 1. The molecular formula is C16H21ClN2O. The third kappa shape index (κ3) is 2.59. The first kappa shape index (κ1) is 15.0. The Hall–Kier alpha value is -1.35. The van der Waals surface area contributed by atoms with Gasteiger partial charge in [0.15, 0.2) is 0 Å². The molecule has 1 aromatic heterocycles. The fourth-order valence-electron chi connectivity index (χ4n) is 2.28. The molecule has 0 atom stereocenters. The summed E-state index contributed by atoms with van der Waals surface area (Å²) in [7, 11) is 0. The number of aromatic nitrogens is 2. The number of hydrogen-bond acceptors (Lipinski definition) is 2. The number of nitrogens with zero attached hydrogens (tertiary/aromatic N) is 2. The first-order valence-electron chi connectivity index (χ1n) is 6.75. The largest absolute Gasteiger partial charge is 0.290 e. The predicted molar refractivity (Wildman–Crippen MR) is 84.7 cm³/mol. The van der Waals surface area contributed by atoms with Gasteiger partial charge in [-0.25, -0.2) is 4.98 Å². The molecule has 0 N–H and O–H groups in total. The third-order valence-electron chi connectivity index (χ3n) is 3.17. The maximum atomic E-state index is 12.8. The van der Waals surface area contributed by atoms with Crippen molar-refractivity contribution in [3.8, 4) is 0 Å². The summed E-state index contributed by atoms with van der Waals surface area (Å²) in [5.41, 5.74) is 0.112. The van der Waals surface area contributed by atoms with Crippen LogP contribution in [0.1, 0.15) is 47.4 Å². The Bertz CT molecular complexity index is 718. The van der Waals surface area contributed by atoms with Crippen LogP contribution < -0.4 is 5.56 Å². The van der Waals surface area contributed by atoms with Gasteiger partial charge in [0.05, 0.1) is 10.9 Å². The van der Waals surface area contributed by atoms with Crippen LogP contribution in [0.3, 0.4) is 0 Å². The van der Waals surface area contributed by atoms with Crippen molar-refractivity contribution in [1.82, 2.24) is 9.55 Å². The highest BCUT2D eigenvalue weighted by Gasteiger charge is 2.28. The van der Waals surface area contributed by atoms with Crippen LogP contribution >= 0.6 is 11.6 Å². The highest BCUT2D eigenvalue weighted by molar-refractivity contribution is 6.31. The minimum Gasteiger partial charge on any atom is -0.290 e. The summed E-state index contributed by atoms with van der Waals surface area (Å²) in [6.45, 7) is 12.3. The molecule has 4 heteroatoms. The number of halogens is 1. The molecule has 1 heterocycles. The summed E-state index contributed by atoms with van der Waals surface area (Å²) in [5, 5.41) is 1.20. The van der Waals surface area contributed by atoms with Crippen LogP contribution in [0, 0.1) is 0 Å². The van der Waals surface area contributed by atoms with Crippen LogP contribution in [0.15, 0.2) is 23.0 Å². The van der Waals surface area contributed by atoms with Crippen molar-refractivity contribution in [3.63, 3.8) is 0 Å². The van der Waals surface area contributed by atoms with Gasteiger partial charge in [-0.05, 0) is 39.0 Å². The smallest absolute Gasteiger partial charge is 0.261 e. The maximum Gasteiger partial charge on any atom is 0.261 e. The van der Waals surface area contributed by atoms with Crippen molar-refractivity contribution >= 4 is 22.5 Å². The Morgan fingerprint density at radius 1 is 1.10 bits per heavy atom. The summed E-state index contributed by atoms with van der Waals surface area (Å²) in [6, 6.07) is 5.24. The molecule has 0 aliphatic carbocycles. The van der Waals surface area contributed by atoms with Gasteiger partial charge in [-0.1, -0.05) is 32.4 Å². The molecule has 1 aromatic carbocycles. The quantitative estimate of drug-likeness (QED) is 0.732. The number of hydrogen-bond donors (Lipinski definition) is 0. The second kappa shape index (κ2) is 4.59. The van der Waals surface area contributed by atoms with Crippen LogP contribution in [-0.2, 0) is 11.0 Å². The van der Waals surface area contributed by atoms with Crippen molar-refractivity contribution in [2.24, 2.45) is 0 Å². The molecule has 2 rings (SSSR count). The lowest BCUT2D eigenvalue weighted by Crippen LogP contribution is -2.40. The van der Waals surface area contributed by atoms with E-state index in [1.54, 1.807) is 22.8 Å². The zero-order valence-corrected chi connectivity index (χ0v) is 13.7.